The molecule has 2 unspecified atom stereocenters. The Morgan fingerprint density at radius 2 is 1.05 bits per heavy atom. The van der Waals surface area contributed by atoms with Gasteiger partial charge in [0.1, 0.15) is 0 Å². The summed E-state index contributed by atoms with van der Waals surface area (Å²) in [6.45, 7) is 9.33. The first kappa shape index (κ1) is 18.9. The third-order valence-electron chi connectivity index (χ3n) is 5.46. The molecule has 115 valence electrons. The lowest BCUT2D eigenvalue weighted by atomic mass is 9.87. The molecule has 2 atom stereocenters. The van der Waals surface area contributed by atoms with Gasteiger partial charge >= 0.3 is 0 Å². The van der Waals surface area contributed by atoms with E-state index < -0.39 is 0 Å². The fourth-order valence-corrected chi connectivity index (χ4v) is 2.40. The second-order valence-electron chi connectivity index (χ2n) is 6.86. The molecule has 2 heteroatoms. The molecule has 0 aliphatic heterocycles. The Kier molecular flexibility index (Phi) is 8.23. The van der Waals surface area contributed by atoms with Crippen LogP contribution in [0.3, 0.4) is 0 Å². The predicted octanol–water partition coefficient (Wildman–Crippen LogP) is 4.21. The highest BCUT2D eigenvalue weighted by molar-refractivity contribution is 4.86. The van der Waals surface area contributed by atoms with Crippen molar-refractivity contribution in [2.75, 3.05) is 28.2 Å². The fourth-order valence-electron chi connectivity index (χ4n) is 2.40. The van der Waals surface area contributed by atoms with E-state index in [1.165, 1.54) is 38.5 Å². The van der Waals surface area contributed by atoms with E-state index in [1.807, 2.05) is 0 Å². The Balaban J connectivity index is 3.99. The summed E-state index contributed by atoms with van der Waals surface area (Å²) >= 11 is 0. The van der Waals surface area contributed by atoms with Crippen LogP contribution < -0.4 is 0 Å². The smallest absolute Gasteiger partial charge is 0.0172 e. The second kappa shape index (κ2) is 8.26. The van der Waals surface area contributed by atoms with Gasteiger partial charge in [0.15, 0.2) is 0 Å². The van der Waals surface area contributed by atoms with Gasteiger partial charge in [-0.15, -0.1) is 0 Å². The minimum atomic E-state index is 0.353. The minimum Gasteiger partial charge on any atom is -0.304 e. The van der Waals surface area contributed by atoms with Crippen LogP contribution in [-0.2, 0) is 0 Å². The number of unbranched alkanes of at least 4 members (excludes halogenated alkanes) is 2. The van der Waals surface area contributed by atoms with Crippen molar-refractivity contribution in [3.05, 3.63) is 6.42 Å². The zero-order chi connectivity index (χ0) is 15.1. The number of rotatable bonds is 10. The molecule has 0 aliphatic carbocycles. The van der Waals surface area contributed by atoms with Crippen LogP contribution >= 0.6 is 0 Å². The van der Waals surface area contributed by atoms with Gasteiger partial charge in [-0.1, -0.05) is 13.8 Å². The molecule has 0 aliphatic rings. The summed E-state index contributed by atoms with van der Waals surface area (Å²) in [6.07, 6.45) is 9.93. The van der Waals surface area contributed by atoms with Crippen molar-refractivity contribution in [2.45, 2.75) is 77.3 Å². The molecule has 0 saturated carbocycles. The number of hydrogen-bond acceptors (Lipinski definition) is 2. The van der Waals surface area contributed by atoms with Gasteiger partial charge < -0.3 is 9.80 Å². The van der Waals surface area contributed by atoms with Gasteiger partial charge in [-0.05, 0) is 87.0 Å². The van der Waals surface area contributed by atoms with Crippen molar-refractivity contribution in [2.24, 2.45) is 0 Å². The molecular weight excluding hydrogens is 232 g/mol. The molecule has 0 saturated heterocycles. The maximum atomic E-state index is 2.49. The summed E-state index contributed by atoms with van der Waals surface area (Å²) in [5, 5.41) is 0. The van der Waals surface area contributed by atoms with E-state index in [0.717, 1.165) is 0 Å². The SMILES string of the molecule is CCC(C)(CC[CH]CCC(C)(CC)N(C)C)N(C)C. The summed E-state index contributed by atoms with van der Waals surface area (Å²) in [4.78, 5) is 4.74. The highest BCUT2D eigenvalue weighted by Crippen LogP contribution is 2.26. The van der Waals surface area contributed by atoms with Gasteiger partial charge in [0.05, 0.1) is 0 Å². The Morgan fingerprint density at radius 3 is 1.26 bits per heavy atom. The number of hydrogen-bond donors (Lipinski definition) is 0. The fraction of sp³-hybridized carbons (Fsp3) is 0.941. The normalized spacial score (nSPS) is 18.6. The largest absolute Gasteiger partial charge is 0.304 e. The standard InChI is InChI=1S/C17H37N2/c1-9-16(3,18(5)6)14-12-11-13-15-17(4,10-2)19(7)8/h11H,9-10,12-15H2,1-8H3. The van der Waals surface area contributed by atoms with Crippen molar-refractivity contribution >= 4 is 0 Å². The number of nitrogens with zero attached hydrogens (tertiary/aromatic N) is 2. The monoisotopic (exact) mass is 269 g/mol. The first-order chi connectivity index (χ1) is 8.72. The lowest BCUT2D eigenvalue weighted by Gasteiger charge is -2.37. The quantitative estimate of drug-likeness (QED) is 0.548. The van der Waals surface area contributed by atoms with Gasteiger partial charge in [0.25, 0.3) is 0 Å². The average Bonchev–Trinajstić information content (AvgIpc) is 2.37. The van der Waals surface area contributed by atoms with E-state index in [0.29, 0.717) is 11.1 Å². The van der Waals surface area contributed by atoms with Crippen LogP contribution in [0.15, 0.2) is 0 Å². The van der Waals surface area contributed by atoms with Gasteiger partial charge in [-0.3, -0.25) is 0 Å². The summed E-state index contributed by atoms with van der Waals surface area (Å²) in [7, 11) is 8.79. The van der Waals surface area contributed by atoms with E-state index >= 15 is 0 Å². The van der Waals surface area contributed by atoms with Crippen LogP contribution in [0.5, 0.6) is 0 Å². The molecule has 0 aromatic carbocycles. The van der Waals surface area contributed by atoms with Crippen molar-refractivity contribution in [3.63, 3.8) is 0 Å². The molecule has 0 bridgehead atoms. The van der Waals surface area contributed by atoms with Gasteiger partial charge in [0.2, 0.25) is 0 Å². The molecule has 1 radical (unpaired) electrons. The van der Waals surface area contributed by atoms with Crippen LogP contribution in [0.2, 0.25) is 0 Å². The van der Waals surface area contributed by atoms with Crippen LogP contribution in [0.4, 0.5) is 0 Å². The lowest BCUT2D eigenvalue weighted by molar-refractivity contribution is 0.147. The van der Waals surface area contributed by atoms with E-state index in [1.54, 1.807) is 0 Å². The molecule has 0 amide bonds. The Labute approximate surface area is 122 Å². The van der Waals surface area contributed by atoms with Crippen LogP contribution in [-0.4, -0.2) is 49.1 Å². The minimum absolute atomic E-state index is 0.353. The van der Waals surface area contributed by atoms with Gasteiger partial charge in [0, 0.05) is 11.1 Å². The van der Waals surface area contributed by atoms with E-state index in [2.05, 4.69) is 72.1 Å². The van der Waals surface area contributed by atoms with Crippen molar-refractivity contribution < 1.29 is 0 Å². The Morgan fingerprint density at radius 1 is 0.737 bits per heavy atom. The zero-order valence-corrected chi connectivity index (χ0v) is 14.7. The topological polar surface area (TPSA) is 6.48 Å². The second-order valence-corrected chi connectivity index (χ2v) is 6.86. The average molecular weight is 269 g/mol. The third kappa shape index (κ3) is 5.83. The highest BCUT2D eigenvalue weighted by atomic mass is 15.1. The lowest BCUT2D eigenvalue weighted by Crippen LogP contribution is -2.41. The summed E-state index contributed by atoms with van der Waals surface area (Å²) in [6, 6.07) is 0. The van der Waals surface area contributed by atoms with E-state index in [9.17, 15) is 0 Å². The third-order valence-corrected chi connectivity index (χ3v) is 5.46. The molecule has 0 spiro atoms. The first-order valence-corrected chi connectivity index (χ1v) is 7.88. The molecular formula is C17H37N2. The van der Waals surface area contributed by atoms with Crippen molar-refractivity contribution in [1.29, 1.82) is 0 Å². The summed E-state index contributed by atoms with van der Waals surface area (Å²) < 4.78 is 0. The Hall–Kier alpha value is -0.0800. The molecule has 0 N–H and O–H groups in total. The molecule has 2 nitrogen and oxygen atoms in total. The predicted molar refractivity (Wildman–Crippen MR) is 87.5 cm³/mol. The van der Waals surface area contributed by atoms with Crippen LogP contribution in [0.25, 0.3) is 0 Å². The highest BCUT2D eigenvalue weighted by Gasteiger charge is 2.25. The molecule has 0 aromatic heterocycles. The maximum absolute atomic E-state index is 2.49. The van der Waals surface area contributed by atoms with Crippen LogP contribution in [0, 0.1) is 6.42 Å². The van der Waals surface area contributed by atoms with Crippen LogP contribution in [0.1, 0.15) is 66.2 Å². The first-order valence-electron chi connectivity index (χ1n) is 7.88. The van der Waals surface area contributed by atoms with Gasteiger partial charge in [-0.2, -0.15) is 0 Å². The molecule has 0 heterocycles. The molecule has 19 heavy (non-hydrogen) atoms. The van der Waals surface area contributed by atoms with E-state index in [-0.39, 0.29) is 0 Å². The maximum Gasteiger partial charge on any atom is 0.0172 e. The van der Waals surface area contributed by atoms with Gasteiger partial charge in [-0.25, -0.2) is 0 Å². The zero-order valence-electron chi connectivity index (χ0n) is 14.7. The molecule has 0 fully saturated rings. The summed E-state index contributed by atoms with van der Waals surface area (Å²) in [5.41, 5.74) is 0.707. The van der Waals surface area contributed by atoms with E-state index in [4.69, 9.17) is 0 Å². The Bertz CT molecular complexity index is 213. The van der Waals surface area contributed by atoms with Crippen molar-refractivity contribution in [3.8, 4) is 0 Å². The summed E-state index contributed by atoms with van der Waals surface area (Å²) in [5.74, 6) is 0. The van der Waals surface area contributed by atoms with Crippen molar-refractivity contribution in [1.82, 2.24) is 9.80 Å². The molecule has 0 rings (SSSR count). The molecule has 0 aromatic rings.